The average Bonchev–Trinajstić information content (AvgIpc) is 3.02. The number of hydrogen-bond donors (Lipinski definition) is 1. The molecule has 6 nitrogen and oxygen atoms in total. The van der Waals surface area contributed by atoms with Gasteiger partial charge in [-0.25, -0.2) is 4.79 Å². The van der Waals surface area contributed by atoms with Gasteiger partial charge in [-0.05, 0) is 92.4 Å². The molecule has 0 bridgehead atoms. The molecule has 2 amide bonds. The Labute approximate surface area is 254 Å². The molecule has 6 heteroatoms. The zero-order chi connectivity index (χ0) is 29.8. The lowest BCUT2D eigenvalue weighted by atomic mass is 10.1. The number of anilines is 4. The van der Waals surface area contributed by atoms with Gasteiger partial charge in [0.15, 0.2) is 0 Å². The maximum atomic E-state index is 13.8. The third-order valence-corrected chi connectivity index (χ3v) is 8.39. The topological polar surface area (TPSA) is 51.7 Å². The van der Waals surface area contributed by atoms with Crippen molar-refractivity contribution in [1.29, 1.82) is 0 Å². The van der Waals surface area contributed by atoms with Crippen LogP contribution in [0.3, 0.4) is 0 Å². The second-order valence-corrected chi connectivity index (χ2v) is 11.4. The number of carbonyl (C=O) groups is 1. The van der Waals surface area contributed by atoms with E-state index in [-0.39, 0.29) is 6.03 Å². The van der Waals surface area contributed by atoms with E-state index in [0.717, 1.165) is 78.5 Å². The number of benzene rings is 4. The zero-order valence-electron chi connectivity index (χ0n) is 25.3. The summed E-state index contributed by atoms with van der Waals surface area (Å²) in [4.78, 5) is 25.3. The van der Waals surface area contributed by atoms with E-state index in [4.69, 9.17) is 4.98 Å². The largest absolute Gasteiger partial charge is 0.368 e. The number of rotatable bonds is 7. The second kappa shape index (κ2) is 12.7. The summed E-state index contributed by atoms with van der Waals surface area (Å²) in [5.41, 5.74) is 9.24. The summed E-state index contributed by atoms with van der Waals surface area (Å²) >= 11 is 0. The number of hydrogen-bond acceptors (Lipinski definition) is 4. The van der Waals surface area contributed by atoms with Gasteiger partial charge in [0.05, 0.1) is 16.9 Å². The fourth-order valence-electron chi connectivity index (χ4n) is 5.93. The average molecular weight is 570 g/mol. The van der Waals surface area contributed by atoms with Gasteiger partial charge in [0.1, 0.15) is 0 Å². The molecule has 0 saturated carbocycles. The number of urea groups is 1. The first-order valence-corrected chi connectivity index (χ1v) is 15.1. The van der Waals surface area contributed by atoms with Gasteiger partial charge in [-0.1, -0.05) is 54.6 Å². The maximum Gasteiger partial charge on any atom is 0.330 e. The predicted molar refractivity (Wildman–Crippen MR) is 179 cm³/mol. The minimum absolute atomic E-state index is 0.171. The number of aryl methyl sites for hydroxylation is 3. The summed E-state index contributed by atoms with van der Waals surface area (Å²) in [6.07, 6.45) is 0.923. The number of aromatic nitrogens is 1. The van der Waals surface area contributed by atoms with Crippen LogP contribution in [0.5, 0.6) is 0 Å². The monoisotopic (exact) mass is 569 g/mol. The van der Waals surface area contributed by atoms with Crippen LogP contribution in [0.4, 0.5) is 27.5 Å². The van der Waals surface area contributed by atoms with Crippen LogP contribution in [-0.2, 0) is 6.42 Å². The molecular formula is C37H39N5O. The predicted octanol–water partition coefficient (Wildman–Crippen LogP) is 7.89. The Balaban J connectivity index is 1.14. The van der Waals surface area contributed by atoms with Crippen LogP contribution in [0.1, 0.15) is 22.4 Å². The molecule has 218 valence electrons. The highest BCUT2D eigenvalue weighted by molar-refractivity contribution is 6.07. The van der Waals surface area contributed by atoms with E-state index in [0.29, 0.717) is 0 Å². The van der Waals surface area contributed by atoms with Gasteiger partial charge in [-0.15, -0.1) is 0 Å². The minimum Gasteiger partial charge on any atom is -0.368 e. The molecule has 0 radical (unpaired) electrons. The number of amides is 2. The molecule has 0 spiro atoms. The van der Waals surface area contributed by atoms with Gasteiger partial charge in [-0.2, -0.15) is 0 Å². The molecule has 1 aliphatic rings. The number of nitrogens with one attached hydrogen (secondary N) is 1. The van der Waals surface area contributed by atoms with Crippen LogP contribution >= 0.6 is 0 Å². The molecule has 5 aromatic rings. The molecule has 0 atom stereocenters. The normalized spacial score (nSPS) is 13.7. The van der Waals surface area contributed by atoms with E-state index >= 15 is 0 Å². The number of piperazine rings is 1. The van der Waals surface area contributed by atoms with Crippen LogP contribution in [0.2, 0.25) is 0 Å². The fourth-order valence-corrected chi connectivity index (χ4v) is 5.93. The number of carbonyl (C=O) groups excluding carboxylic acids is 1. The Morgan fingerprint density at radius 1 is 0.791 bits per heavy atom. The lowest BCUT2D eigenvalue weighted by Crippen LogP contribution is -2.47. The van der Waals surface area contributed by atoms with Gasteiger partial charge in [0, 0.05) is 55.2 Å². The molecule has 6 rings (SSSR count). The molecule has 43 heavy (non-hydrogen) atoms. The van der Waals surface area contributed by atoms with Crippen molar-refractivity contribution in [3.8, 4) is 0 Å². The van der Waals surface area contributed by atoms with Gasteiger partial charge in [0.25, 0.3) is 0 Å². The Morgan fingerprint density at radius 3 is 2.33 bits per heavy atom. The molecular weight excluding hydrogens is 530 g/mol. The summed E-state index contributed by atoms with van der Waals surface area (Å²) < 4.78 is 0. The first kappa shape index (κ1) is 28.4. The standard InChI is InChI=1S/C37H39N5O/c1-27-10-4-6-14-33(27)39-37(43)42(35-16-7-5-11-28(35)2)31-13-8-12-30(26-31)20-21-40-22-24-41(25-23-40)36-17-9-15-34-32(36)19-18-29(3)38-34/h4-19,26H,20-25H2,1-3H3,(H,39,43). The molecule has 1 aliphatic heterocycles. The van der Waals surface area contributed by atoms with Gasteiger partial charge in [0.2, 0.25) is 0 Å². The minimum atomic E-state index is -0.171. The van der Waals surface area contributed by atoms with Gasteiger partial charge < -0.3 is 10.2 Å². The third kappa shape index (κ3) is 6.40. The number of fused-ring (bicyclic) bond motifs is 1. The SMILES string of the molecule is Cc1ccc2c(N3CCN(CCc4cccc(N(C(=O)Nc5ccccc5C)c5ccccc5C)c4)CC3)cccc2n1. The van der Waals surface area contributed by atoms with E-state index in [1.165, 1.54) is 16.6 Å². The number of pyridine rings is 1. The first-order chi connectivity index (χ1) is 21.0. The van der Waals surface area contributed by atoms with E-state index < -0.39 is 0 Å². The highest BCUT2D eigenvalue weighted by Crippen LogP contribution is 2.31. The maximum absolute atomic E-state index is 13.8. The van der Waals surface area contributed by atoms with E-state index in [1.807, 2.05) is 75.4 Å². The van der Waals surface area contributed by atoms with Crippen molar-refractivity contribution in [2.75, 3.05) is 47.8 Å². The van der Waals surface area contributed by atoms with Crippen LogP contribution in [0.25, 0.3) is 10.9 Å². The molecule has 1 saturated heterocycles. The molecule has 0 unspecified atom stereocenters. The van der Waals surface area contributed by atoms with Crippen LogP contribution in [0, 0.1) is 20.8 Å². The molecule has 0 aliphatic carbocycles. The highest BCUT2D eigenvalue weighted by Gasteiger charge is 2.22. The van der Waals surface area contributed by atoms with E-state index in [1.54, 1.807) is 4.90 Å². The number of para-hydroxylation sites is 2. The molecule has 1 fully saturated rings. The van der Waals surface area contributed by atoms with Crippen LogP contribution in [0.15, 0.2) is 103 Å². The van der Waals surface area contributed by atoms with Crippen LogP contribution < -0.4 is 15.1 Å². The van der Waals surface area contributed by atoms with Gasteiger partial charge in [-0.3, -0.25) is 14.8 Å². The first-order valence-electron chi connectivity index (χ1n) is 15.1. The quantitative estimate of drug-likeness (QED) is 0.217. The molecule has 2 heterocycles. The van der Waals surface area contributed by atoms with Crippen molar-refractivity contribution in [2.24, 2.45) is 0 Å². The van der Waals surface area contributed by atoms with Crippen molar-refractivity contribution in [3.05, 3.63) is 126 Å². The van der Waals surface area contributed by atoms with Gasteiger partial charge >= 0.3 is 6.03 Å². The highest BCUT2D eigenvalue weighted by atomic mass is 16.2. The van der Waals surface area contributed by atoms with Crippen molar-refractivity contribution >= 4 is 39.7 Å². The summed E-state index contributed by atoms with van der Waals surface area (Å²) in [5.74, 6) is 0. The van der Waals surface area contributed by atoms with Crippen molar-refractivity contribution in [3.63, 3.8) is 0 Å². The smallest absolute Gasteiger partial charge is 0.330 e. The van der Waals surface area contributed by atoms with Crippen molar-refractivity contribution in [1.82, 2.24) is 9.88 Å². The third-order valence-electron chi connectivity index (χ3n) is 8.39. The lowest BCUT2D eigenvalue weighted by Gasteiger charge is -2.36. The molecule has 1 aromatic heterocycles. The van der Waals surface area contributed by atoms with Crippen molar-refractivity contribution in [2.45, 2.75) is 27.2 Å². The van der Waals surface area contributed by atoms with Crippen molar-refractivity contribution < 1.29 is 4.79 Å². The summed E-state index contributed by atoms with van der Waals surface area (Å²) in [5, 5.41) is 4.36. The number of nitrogens with zero attached hydrogens (tertiary/aromatic N) is 4. The Hall–Kier alpha value is -4.68. The summed E-state index contributed by atoms with van der Waals surface area (Å²) in [6, 6.07) is 34.9. The fraction of sp³-hybridized carbons (Fsp3) is 0.243. The summed E-state index contributed by atoms with van der Waals surface area (Å²) in [6.45, 7) is 11.1. The Morgan fingerprint density at radius 2 is 1.53 bits per heavy atom. The van der Waals surface area contributed by atoms with E-state index in [2.05, 4.69) is 63.6 Å². The Kier molecular flexibility index (Phi) is 8.38. The van der Waals surface area contributed by atoms with Crippen LogP contribution in [-0.4, -0.2) is 48.6 Å². The molecule has 1 N–H and O–H groups in total. The Bertz CT molecular complexity index is 1740. The van der Waals surface area contributed by atoms with E-state index in [9.17, 15) is 4.79 Å². The summed E-state index contributed by atoms with van der Waals surface area (Å²) in [7, 11) is 0. The lowest BCUT2D eigenvalue weighted by molar-refractivity contribution is 0.259. The molecule has 4 aromatic carbocycles. The zero-order valence-corrected chi connectivity index (χ0v) is 25.3. The second-order valence-electron chi connectivity index (χ2n) is 11.4.